The number of carbonyl (C=O) groups excluding carboxylic acids is 1. The standard InChI is InChI=1S/C15H15FN2O3/c1-17-2-4-18(5-3-17)13-7-10(16)6-12-14(20)8-11(9-19)21-15(12)13/h6-9H,2-5H2,1H3. The predicted molar refractivity (Wildman–Crippen MR) is 77.5 cm³/mol. The van der Waals surface area contributed by atoms with Gasteiger partial charge < -0.3 is 14.2 Å². The third-order valence-electron chi connectivity index (χ3n) is 3.75. The Balaban J connectivity index is 2.18. The number of carbonyl (C=O) groups is 1. The summed E-state index contributed by atoms with van der Waals surface area (Å²) < 4.78 is 19.3. The van der Waals surface area contributed by atoms with Crippen LogP contribution in [0.1, 0.15) is 10.6 Å². The van der Waals surface area contributed by atoms with Crippen molar-refractivity contribution in [3.05, 3.63) is 40.0 Å². The molecule has 21 heavy (non-hydrogen) atoms. The zero-order valence-corrected chi connectivity index (χ0v) is 11.6. The molecule has 3 rings (SSSR count). The summed E-state index contributed by atoms with van der Waals surface area (Å²) >= 11 is 0. The Hall–Kier alpha value is -2.21. The number of rotatable bonds is 2. The summed E-state index contributed by atoms with van der Waals surface area (Å²) in [7, 11) is 2.02. The average molecular weight is 290 g/mol. The summed E-state index contributed by atoms with van der Waals surface area (Å²) in [5, 5.41) is 0.162. The summed E-state index contributed by atoms with van der Waals surface area (Å²) in [6.45, 7) is 3.11. The molecule has 0 N–H and O–H groups in total. The van der Waals surface area contributed by atoms with Gasteiger partial charge in [-0.3, -0.25) is 9.59 Å². The monoisotopic (exact) mass is 290 g/mol. The fourth-order valence-corrected chi connectivity index (χ4v) is 2.56. The normalized spacial score (nSPS) is 16.4. The van der Waals surface area contributed by atoms with Gasteiger partial charge in [0.25, 0.3) is 0 Å². The first-order chi connectivity index (χ1) is 10.1. The van der Waals surface area contributed by atoms with Gasteiger partial charge in [0.15, 0.2) is 23.1 Å². The lowest BCUT2D eigenvalue weighted by Crippen LogP contribution is -2.44. The molecule has 1 fully saturated rings. The first kappa shape index (κ1) is 13.8. The first-order valence-corrected chi connectivity index (χ1v) is 6.74. The quantitative estimate of drug-likeness (QED) is 0.785. The Morgan fingerprint density at radius 1 is 1.19 bits per heavy atom. The van der Waals surface area contributed by atoms with Gasteiger partial charge >= 0.3 is 0 Å². The molecule has 0 bridgehead atoms. The van der Waals surface area contributed by atoms with Crippen molar-refractivity contribution in [2.45, 2.75) is 0 Å². The third kappa shape index (κ3) is 2.54. The van der Waals surface area contributed by atoms with Crippen molar-refractivity contribution in [3.63, 3.8) is 0 Å². The molecule has 0 saturated carbocycles. The summed E-state index contributed by atoms with van der Waals surface area (Å²) in [5.41, 5.74) is 0.391. The summed E-state index contributed by atoms with van der Waals surface area (Å²) in [6, 6.07) is 3.59. The number of halogens is 1. The molecule has 1 aromatic heterocycles. The van der Waals surface area contributed by atoms with Gasteiger partial charge in [-0.05, 0) is 13.1 Å². The second-order valence-electron chi connectivity index (χ2n) is 5.22. The average Bonchev–Trinajstić information content (AvgIpc) is 2.48. The predicted octanol–water partition coefficient (Wildman–Crippen LogP) is 1.50. The Bertz CT molecular complexity index is 748. The van der Waals surface area contributed by atoms with Crippen molar-refractivity contribution in [1.82, 2.24) is 4.90 Å². The molecule has 1 aromatic carbocycles. The molecule has 0 aliphatic carbocycles. The van der Waals surface area contributed by atoms with Crippen molar-refractivity contribution in [2.24, 2.45) is 0 Å². The summed E-state index contributed by atoms with van der Waals surface area (Å²) in [5.74, 6) is -0.530. The molecule has 110 valence electrons. The molecule has 1 aliphatic rings. The molecule has 0 atom stereocenters. The molecule has 1 aliphatic heterocycles. The number of benzene rings is 1. The highest BCUT2D eigenvalue weighted by molar-refractivity contribution is 5.90. The van der Waals surface area contributed by atoms with Crippen molar-refractivity contribution < 1.29 is 13.6 Å². The molecule has 2 aromatic rings. The molecule has 0 amide bonds. The number of piperazine rings is 1. The SMILES string of the molecule is CN1CCN(c2cc(F)cc3c(=O)cc(C=O)oc23)CC1. The van der Waals surface area contributed by atoms with Gasteiger partial charge in [-0.25, -0.2) is 4.39 Å². The zero-order valence-electron chi connectivity index (χ0n) is 11.6. The molecular formula is C15H15FN2O3. The molecular weight excluding hydrogens is 275 g/mol. The fourth-order valence-electron chi connectivity index (χ4n) is 2.56. The lowest BCUT2D eigenvalue weighted by Gasteiger charge is -2.34. The smallest absolute Gasteiger partial charge is 0.193 e. The number of fused-ring (bicyclic) bond motifs is 1. The highest BCUT2D eigenvalue weighted by Gasteiger charge is 2.20. The summed E-state index contributed by atoms with van der Waals surface area (Å²) in [4.78, 5) is 27.0. The minimum Gasteiger partial charge on any atom is -0.451 e. The van der Waals surface area contributed by atoms with Gasteiger partial charge in [0, 0.05) is 38.3 Å². The highest BCUT2D eigenvalue weighted by atomic mass is 19.1. The van der Waals surface area contributed by atoms with Gasteiger partial charge in [0.1, 0.15) is 5.82 Å². The maximum atomic E-state index is 13.8. The van der Waals surface area contributed by atoms with E-state index in [9.17, 15) is 14.0 Å². The van der Waals surface area contributed by atoms with Crippen LogP contribution in [0.5, 0.6) is 0 Å². The molecule has 1 saturated heterocycles. The van der Waals surface area contributed by atoms with E-state index in [1.807, 2.05) is 11.9 Å². The van der Waals surface area contributed by atoms with Crippen LogP contribution in [0.25, 0.3) is 11.0 Å². The number of aldehydes is 1. The lowest BCUT2D eigenvalue weighted by atomic mass is 10.1. The number of anilines is 1. The second kappa shape index (κ2) is 5.29. The van der Waals surface area contributed by atoms with E-state index < -0.39 is 11.2 Å². The molecule has 2 heterocycles. The van der Waals surface area contributed by atoms with Gasteiger partial charge in [0.2, 0.25) is 0 Å². The van der Waals surface area contributed by atoms with E-state index in [4.69, 9.17) is 4.42 Å². The van der Waals surface area contributed by atoms with Gasteiger partial charge in [0.05, 0.1) is 11.1 Å². The molecule has 0 spiro atoms. The van der Waals surface area contributed by atoms with E-state index in [2.05, 4.69) is 4.90 Å². The first-order valence-electron chi connectivity index (χ1n) is 6.74. The maximum Gasteiger partial charge on any atom is 0.193 e. The maximum absolute atomic E-state index is 13.8. The Kier molecular flexibility index (Phi) is 3.47. The van der Waals surface area contributed by atoms with E-state index in [1.165, 1.54) is 6.07 Å². The highest BCUT2D eigenvalue weighted by Crippen LogP contribution is 2.28. The number of nitrogens with zero attached hydrogens (tertiary/aromatic N) is 2. The van der Waals surface area contributed by atoms with Crippen molar-refractivity contribution in [2.75, 3.05) is 38.1 Å². The summed E-state index contributed by atoms with van der Waals surface area (Å²) in [6.07, 6.45) is 0.484. The second-order valence-corrected chi connectivity index (χ2v) is 5.22. The topological polar surface area (TPSA) is 53.8 Å². The van der Waals surface area contributed by atoms with E-state index in [-0.39, 0.29) is 16.7 Å². The van der Waals surface area contributed by atoms with Crippen molar-refractivity contribution in [1.29, 1.82) is 0 Å². The van der Waals surface area contributed by atoms with Crippen LogP contribution in [-0.4, -0.2) is 44.4 Å². The van der Waals surface area contributed by atoms with E-state index in [0.717, 1.165) is 25.2 Å². The van der Waals surface area contributed by atoms with Gasteiger partial charge in [-0.2, -0.15) is 0 Å². The Morgan fingerprint density at radius 3 is 2.57 bits per heavy atom. The number of likely N-dealkylation sites (N-methyl/N-ethyl adjacent to an activating group) is 1. The largest absolute Gasteiger partial charge is 0.451 e. The molecule has 0 unspecified atom stereocenters. The fraction of sp³-hybridized carbons (Fsp3) is 0.333. The van der Waals surface area contributed by atoms with Crippen LogP contribution in [0.15, 0.2) is 27.4 Å². The van der Waals surface area contributed by atoms with Crippen LogP contribution < -0.4 is 10.3 Å². The number of hydrogen-bond donors (Lipinski definition) is 0. The van der Waals surface area contributed by atoms with Crippen LogP contribution in [0.2, 0.25) is 0 Å². The van der Waals surface area contributed by atoms with Crippen LogP contribution in [0.4, 0.5) is 10.1 Å². The van der Waals surface area contributed by atoms with Crippen LogP contribution in [-0.2, 0) is 0 Å². The van der Waals surface area contributed by atoms with E-state index in [1.54, 1.807) is 0 Å². The molecule has 5 nitrogen and oxygen atoms in total. The van der Waals surface area contributed by atoms with Crippen LogP contribution in [0, 0.1) is 5.82 Å². The van der Waals surface area contributed by atoms with E-state index in [0.29, 0.717) is 25.1 Å². The lowest BCUT2D eigenvalue weighted by molar-refractivity contribution is 0.110. The van der Waals surface area contributed by atoms with Crippen LogP contribution in [0.3, 0.4) is 0 Å². The van der Waals surface area contributed by atoms with Gasteiger partial charge in [-0.15, -0.1) is 0 Å². The zero-order chi connectivity index (χ0) is 15.0. The van der Waals surface area contributed by atoms with Crippen molar-refractivity contribution >= 4 is 22.9 Å². The minimum atomic E-state index is -0.484. The Labute approximate surface area is 120 Å². The van der Waals surface area contributed by atoms with E-state index >= 15 is 0 Å². The van der Waals surface area contributed by atoms with Gasteiger partial charge in [-0.1, -0.05) is 0 Å². The van der Waals surface area contributed by atoms with Crippen molar-refractivity contribution in [3.8, 4) is 0 Å². The number of hydrogen-bond acceptors (Lipinski definition) is 5. The molecule has 0 radical (unpaired) electrons. The Morgan fingerprint density at radius 2 is 1.90 bits per heavy atom. The molecule has 6 heteroatoms. The third-order valence-corrected chi connectivity index (χ3v) is 3.75. The van der Waals surface area contributed by atoms with Crippen LogP contribution >= 0.6 is 0 Å². The minimum absolute atomic E-state index is 0.0468.